The van der Waals surface area contributed by atoms with Crippen molar-refractivity contribution in [2.75, 3.05) is 19.0 Å². The van der Waals surface area contributed by atoms with Gasteiger partial charge in [0.2, 0.25) is 0 Å². The number of carbonyl (C=O) groups is 1. The Morgan fingerprint density at radius 2 is 1.95 bits per heavy atom. The first kappa shape index (κ1) is 31.3. The summed E-state index contributed by atoms with van der Waals surface area (Å²) < 4.78 is 23.3. The highest BCUT2D eigenvalue weighted by Gasteiger charge is 2.48. The van der Waals surface area contributed by atoms with E-state index in [0.29, 0.717) is 35.6 Å². The molecule has 3 aromatic rings. The predicted octanol–water partition coefficient (Wildman–Crippen LogP) is 5.78. The van der Waals surface area contributed by atoms with Gasteiger partial charge in [-0.1, -0.05) is 36.5 Å². The van der Waals surface area contributed by atoms with Gasteiger partial charge in [-0.25, -0.2) is 19.6 Å². The molecule has 1 saturated heterocycles. The first-order valence-corrected chi connectivity index (χ1v) is 16.5. The third-order valence-corrected chi connectivity index (χ3v) is 11.6. The molecule has 11 nitrogen and oxygen atoms in total. The lowest BCUT2D eigenvalue weighted by Crippen LogP contribution is -2.35. The Morgan fingerprint density at radius 1 is 1.22 bits per heavy atom. The minimum Gasteiger partial charge on any atom is -0.375 e. The molecule has 1 aliphatic heterocycles. The van der Waals surface area contributed by atoms with Gasteiger partial charge >= 0.3 is 0 Å². The Labute approximate surface area is 246 Å². The van der Waals surface area contributed by atoms with E-state index in [1.54, 1.807) is 37.0 Å². The average Bonchev–Trinajstić information content (AvgIpc) is 3.54. The van der Waals surface area contributed by atoms with Gasteiger partial charge in [-0.2, -0.15) is 5.26 Å². The molecule has 1 aliphatic rings. The Hall–Kier alpha value is -2.65. The zero-order valence-electron chi connectivity index (χ0n) is 24.3. The fourth-order valence-electron chi connectivity index (χ4n) is 4.94. The molecule has 5 atom stereocenters. The molecule has 41 heavy (non-hydrogen) atoms. The van der Waals surface area contributed by atoms with Crippen molar-refractivity contribution in [3.05, 3.63) is 48.5 Å². The average molecular weight is 600 g/mol. The summed E-state index contributed by atoms with van der Waals surface area (Å²) in [6.45, 7) is 11.1. The van der Waals surface area contributed by atoms with Crippen LogP contribution in [-0.2, 0) is 14.0 Å². The smallest absolute Gasteiger partial charge is 0.256 e. The van der Waals surface area contributed by atoms with Crippen molar-refractivity contribution in [3.8, 4) is 6.07 Å². The van der Waals surface area contributed by atoms with Crippen molar-refractivity contribution >= 4 is 41.8 Å². The number of methoxy groups -OCH3 is 1. The van der Waals surface area contributed by atoms with Crippen molar-refractivity contribution in [2.24, 2.45) is 0 Å². The monoisotopic (exact) mass is 599 g/mol. The van der Waals surface area contributed by atoms with Crippen molar-refractivity contribution < 1.29 is 18.8 Å². The zero-order chi connectivity index (χ0) is 29.5. The molecule has 1 N–H and O–H groups in total. The molecule has 0 spiro atoms. The normalized spacial score (nSPS) is 21.6. The van der Waals surface area contributed by atoms with Crippen LogP contribution in [-0.4, -0.2) is 73.4 Å². The molecule has 1 amide bonds. The highest BCUT2D eigenvalue weighted by Crippen LogP contribution is 2.61. The minimum atomic E-state index is -1.10. The lowest BCUT2D eigenvalue weighted by molar-refractivity contribution is -0.0480. The molecule has 1 unspecified atom stereocenters. The molecule has 0 bridgehead atoms. The maximum Gasteiger partial charge on any atom is 0.256 e. The fourth-order valence-corrected chi connectivity index (χ4v) is 10.5. The Kier molecular flexibility index (Phi) is 11.1. The summed E-state index contributed by atoms with van der Waals surface area (Å²) in [4.78, 5) is 26.1. The summed E-state index contributed by atoms with van der Waals surface area (Å²) in [6, 6.07) is 11.6. The highest BCUT2D eigenvalue weighted by atomic mass is 32.7. The minimum absolute atomic E-state index is 0.0419. The predicted molar refractivity (Wildman–Crippen MR) is 161 cm³/mol. The van der Waals surface area contributed by atoms with Gasteiger partial charge in [0.1, 0.15) is 12.4 Å². The number of benzene rings is 1. The molecule has 0 radical (unpaired) electrons. The van der Waals surface area contributed by atoms with Crippen molar-refractivity contribution in [2.45, 2.75) is 83.2 Å². The standard InChI is InChI=1S/C28H38N7O4PS/c1-7-21-24(41-40(38-15-11-14-29)35(18(2)3)19(4)5)23(37-6)28(39-21)34-17-32-22-25(30-16-31-26(22)34)33-27(36)20-12-9-8-10-13-20/h8-10,12-13,16-19,21,23-24,28H,7,11,15H2,1-6H3,(H,30,31,33,36)/t21-,23-,24-,28-,40?/m1/s1. The van der Waals surface area contributed by atoms with E-state index >= 15 is 0 Å². The first-order valence-electron chi connectivity index (χ1n) is 13.8. The highest BCUT2D eigenvalue weighted by molar-refractivity contribution is 8.53. The molecule has 13 heteroatoms. The number of nitrogens with one attached hydrogen (secondary N) is 1. The second-order valence-electron chi connectivity index (χ2n) is 10.2. The fraction of sp³-hybridized carbons (Fsp3) is 0.536. The molecule has 2 aromatic heterocycles. The number of aromatic nitrogens is 4. The number of ether oxygens (including phenoxy) is 2. The number of amides is 1. The summed E-state index contributed by atoms with van der Waals surface area (Å²) in [5, 5.41) is 11.9. The van der Waals surface area contributed by atoms with Gasteiger partial charge in [-0.15, -0.1) is 0 Å². The summed E-state index contributed by atoms with van der Waals surface area (Å²) in [5.41, 5.74) is 1.52. The number of imidazole rings is 1. The van der Waals surface area contributed by atoms with Crippen molar-refractivity contribution in [1.29, 1.82) is 5.26 Å². The third kappa shape index (κ3) is 7.05. The summed E-state index contributed by atoms with van der Waals surface area (Å²) in [5.74, 6) is 0.0469. The van der Waals surface area contributed by atoms with Crippen LogP contribution < -0.4 is 5.32 Å². The van der Waals surface area contributed by atoms with Crippen LogP contribution in [0.3, 0.4) is 0 Å². The molecule has 1 fully saturated rings. The van der Waals surface area contributed by atoms with Gasteiger partial charge in [-0.05, 0) is 46.2 Å². The van der Waals surface area contributed by atoms with E-state index in [1.165, 1.54) is 6.33 Å². The molecule has 4 rings (SSSR count). The molecule has 220 valence electrons. The van der Waals surface area contributed by atoms with Crippen LogP contribution in [0.5, 0.6) is 0 Å². The number of hydrogen-bond donors (Lipinski definition) is 1. The van der Waals surface area contributed by atoms with E-state index in [0.717, 1.165) is 6.42 Å². The lowest BCUT2D eigenvalue weighted by atomic mass is 10.1. The largest absolute Gasteiger partial charge is 0.375 e. The van der Waals surface area contributed by atoms with Gasteiger partial charge in [0.25, 0.3) is 5.91 Å². The van der Waals surface area contributed by atoms with Gasteiger partial charge in [0, 0.05) is 24.8 Å². The van der Waals surface area contributed by atoms with E-state index in [1.807, 2.05) is 22.8 Å². The van der Waals surface area contributed by atoms with Crippen LogP contribution in [0.2, 0.25) is 0 Å². The Bertz CT molecular complexity index is 1330. The lowest BCUT2D eigenvalue weighted by Gasteiger charge is -2.38. The van der Waals surface area contributed by atoms with E-state index in [9.17, 15) is 4.79 Å². The summed E-state index contributed by atoms with van der Waals surface area (Å²) >= 11 is 1.73. The number of carbonyl (C=O) groups excluding carboxylic acids is 1. The van der Waals surface area contributed by atoms with Crippen LogP contribution in [0, 0.1) is 11.3 Å². The molecule has 0 aliphatic carbocycles. The van der Waals surface area contributed by atoms with E-state index in [2.05, 4.69) is 65.6 Å². The topological polar surface area (TPSA) is 127 Å². The van der Waals surface area contributed by atoms with E-state index in [-0.39, 0.29) is 35.4 Å². The number of fused-ring (bicyclic) bond motifs is 1. The van der Waals surface area contributed by atoms with Crippen LogP contribution in [0.15, 0.2) is 43.0 Å². The second-order valence-corrected chi connectivity index (χ2v) is 13.7. The second kappa shape index (κ2) is 14.5. The quantitative estimate of drug-likeness (QED) is 0.191. The third-order valence-electron chi connectivity index (χ3n) is 6.74. The van der Waals surface area contributed by atoms with Crippen LogP contribution in [0.25, 0.3) is 11.2 Å². The van der Waals surface area contributed by atoms with Crippen LogP contribution in [0.4, 0.5) is 5.82 Å². The summed E-state index contributed by atoms with van der Waals surface area (Å²) in [6.07, 6.45) is 3.24. The molecule has 0 saturated carbocycles. The Balaban J connectivity index is 1.62. The zero-order valence-corrected chi connectivity index (χ0v) is 26.0. The number of nitriles is 1. The van der Waals surface area contributed by atoms with Gasteiger partial charge in [-0.3, -0.25) is 9.36 Å². The van der Waals surface area contributed by atoms with E-state index in [4.69, 9.17) is 19.3 Å². The summed E-state index contributed by atoms with van der Waals surface area (Å²) in [7, 11) is 0.590. The SMILES string of the molecule is CC[C@H]1O[C@@H](n2cnc3c(NC(=O)c4ccccc4)ncnc32)[C@H](OC)[C@@H]1SP(OCCC#N)N(C(C)C)C(C)C. The first-order chi connectivity index (χ1) is 19.8. The maximum atomic E-state index is 12.8. The number of anilines is 1. The maximum absolute atomic E-state index is 12.8. The van der Waals surface area contributed by atoms with Crippen LogP contribution in [0.1, 0.15) is 64.0 Å². The van der Waals surface area contributed by atoms with Crippen molar-refractivity contribution in [1.82, 2.24) is 24.2 Å². The van der Waals surface area contributed by atoms with Crippen molar-refractivity contribution in [3.63, 3.8) is 0 Å². The molecule has 3 heterocycles. The number of hydrogen-bond acceptors (Lipinski definition) is 10. The van der Waals surface area contributed by atoms with Crippen LogP contribution >= 0.6 is 18.9 Å². The molecular formula is C28H38N7O4PS. The Morgan fingerprint density at radius 3 is 2.59 bits per heavy atom. The van der Waals surface area contributed by atoms with E-state index < -0.39 is 13.7 Å². The number of rotatable bonds is 13. The molecular weight excluding hydrogens is 561 g/mol. The van der Waals surface area contributed by atoms with Gasteiger partial charge in [0.05, 0.1) is 36.8 Å². The van der Waals surface area contributed by atoms with Gasteiger partial charge in [0.15, 0.2) is 30.7 Å². The number of nitrogens with zero attached hydrogens (tertiary/aromatic N) is 6. The van der Waals surface area contributed by atoms with Gasteiger partial charge < -0.3 is 19.3 Å². The molecule has 1 aromatic carbocycles.